The predicted molar refractivity (Wildman–Crippen MR) is 75.1 cm³/mol. The van der Waals surface area contributed by atoms with E-state index in [9.17, 15) is 4.79 Å². The van der Waals surface area contributed by atoms with E-state index >= 15 is 0 Å². The van der Waals surface area contributed by atoms with Gasteiger partial charge in [-0.25, -0.2) is 0 Å². The van der Waals surface area contributed by atoms with Crippen LogP contribution >= 0.6 is 0 Å². The molecule has 0 radical (unpaired) electrons. The van der Waals surface area contributed by atoms with Crippen LogP contribution in [0.4, 0.5) is 5.82 Å². The maximum absolute atomic E-state index is 12.0. The Labute approximate surface area is 114 Å². The number of hydrogen-bond acceptors (Lipinski definition) is 4. The maximum Gasteiger partial charge on any atom is 0.239 e. The molecule has 0 aromatic carbocycles. The van der Waals surface area contributed by atoms with Gasteiger partial charge in [-0.2, -0.15) is 5.10 Å². The van der Waals surface area contributed by atoms with Gasteiger partial charge >= 0.3 is 0 Å². The lowest BCUT2D eigenvalue weighted by Gasteiger charge is -2.33. The second-order valence-corrected chi connectivity index (χ2v) is 5.05. The number of likely N-dealkylation sites (N-methyl/N-ethyl adjacent to an activating group) is 1. The third-order valence-corrected chi connectivity index (χ3v) is 3.55. The molecule has 0 bridgehead atoms. The van der Waals surface area contributed by atoms with Gasteiger partial charge in [-0.1, -0.05) is 6.92 Å². The lowest BCUT2D eigenvalue weighted by molar-refractivity contribution is -0.117. The number of carbonyl (C=O) groups excluding carboxylic acids is 1. The van der Waals surface area contributed by atoms with E-state index in [1.807, 2.05) is 20.0 Å². The smallest absolute Gasteiger partial charge is 0.239 e. The van der Waals surface area contributed by atoms with Crippen molar-refractivity contribution in [3.8, 4) is 0 Å². The van der Waals surface area contributed by atoms with Gasteiger partial charge in [0.2, 0.25) is 5.91 Å². The topological polar surface area (TPSA) is 53.4 Å². The lowest BCUT2D eigenvalue weighted by atomic mass is 10.3. The minimum atomic E-state index is 0.0351. The summed E-state index contributed by atoms with van der Waals surface area (Å²) in [4.78, 5) is 16.6. The fraction of sp³-hybridized carbons (Fsp3) is 0.692. The molecule has 1 aliphatic heterocycles. The van der Waals surface area contributed by atoms with Crippen molar-refractivity contribution in [1.82, 2.24) is 19.6 Å². The molecule has 0 saturated carbocycles. The largest absolute Gasteiger partial charge is 0.310 e. The van der Waals surface area contributed by atoms with E-state index in [2.05, 4.69) is 27.1 Å². The molecule has 6 heteroatoms. The normalized spacial score (nSPS) is 17.6. The number of piperazine rings is 1. The van der Waals surface area contributed by atoms with E-state index in [0.29, 0.717) is 6.54 Å². The molecule has 0 unspecified atom stereocenters. The number of aryl methyl sites for hydroxylation is 2. The third-order valence-electron chi connectivity index (χ3n) is 3.55. The zero-order chi connectivity index (χ0) is 13.8. The summed E-state index contributed by atoms with van der Waals surface area (Å²) in [6.07, 6.45) is 0. The van der Waals surface area contributed by atoms with Crippen molar-refractivity contribution in [2.24, 2.45) is 7.05 Å². The van der Waals surface area contributed by atoms with Gasteiger partial charge in [0.05, 0.1) is 12.2 Å². The molecule has 1 aromatic heterocycles. The number of amides is 1. The van der Waals surface area contributed by atoms with Crippen molar-refractivity contribution in [3.05, 3.63) is 11.8 Å². The molecule has 1 amide bonds. The molecular weight excluding hydrogens is 242 g/mol. The Bertz CT molecular complexity index is 434. The summed E-state index contributed by atoms with van der Waals surface area (Å²) < 4.78 is 1.70. The van der Waals surface area contributed by atoms with Crippen LogP contribution < -0.4 is 5.32 Å². The van der Waals surface area contributed by atoms with Crippen LogP contribution in [0.2, 0.25) is 0 Å². The standard InChI is InChI=1S/C13H23N5O/c1-4-17-5-7-18(8-6-17)10-13(19)14-12-9-11(2)15-16(12)3/h9H,4-8,10H2,1-3H3,(H,14,19). The van der Waals surface area contributed by atoms with E-state index in [1.165, 1.54) is 0 Å². The molecule has 0 atom stereocenters. The van der Waals surface area contributed by atoms with Gasteiger partial charge in [-0.3, -0.25) is 14.4 Å². The number of rotatable bonds is 4. The van der Waals surface area contributed by atoms with Gasteiger partial charge in [0.1, 0.15) is 5.82 Å². The number of hydrogen-bond donors (Lipinski definition) is 1. The lowest BCUT2D eigenvalue weighted by Crippen LogP contribution is -2.48. The number of anilines is 1. The highest BCUT2D eigenvalue weighted by Crippen LogP contribution is 2.08. The van der Waals surface area contributed by atoms with Crippen molar-refractivity contribution < 1.29 is 4.79 Å². The summed E-state index contributed by atoms with van der Waals surface area (Å²) in [5, 5.41) is 7.12. The van der Waals surface area contributed by atoms with E-state index in [0.717, 1.165) is 44.2 Å². The monoisotopic (exact) mass is 265 g/mol. The Morgan fingerprint density at radius 1 is 1.32 bits per heavy atom. The van der Waals surface area contributed by atoms with Crippen LogP contribution in [0.25, 0.3) is 0 Å². The molecule has 1 N–H and O–H groups in total. The third kappa shape index (κ3) is 3.78. The molecular formula is C13H23N5O. The molecule has 1 saturated heterocycles. The molecule has 2 rings (SSSR count). The number of carbonyl (C=O) groups is 1. The zero-order valence-electron chi connectivity index (χ0n) is 12.0. The summed E-state index contributed by atoms with van der Waals surface area (Å²) >= 11 is 0. The van der Waals surface area contributed by atoms with Gasteiger partial charge in [-0.05, 0) is 13.5 Å². The summed E-state index contributed by atoms with van der Waals surface area (Å²) in [7, 11) is 1.84. The van der Waals surface area contributed by atoms with E-state index in [-0.39, 0.29) is 5.91 Å². The highest BCUT2D eigenvalue weighted by Gasteiger charge is 2.18. The molecule has 19 heavy (non-hydrogen) atoms. The van der Waals surface area contributed by atoms with Gasteiger partial charge < -0.3 is 10.2 Å². The summed E-state index contributed by atoms with van der Waals surface area (Å²) in [6, 6.07) is 1.88. The first kappa shape index (κ1) is 14.0. The van der Waals surface area contributed by atoms with Gasteiger partial charge in [0, 0.05) is 39.3 Å². The number of nitrogens with zero attached hydrogens (tertiary/aromatic N) is 4. The molecule has 0 spiro atoms. The van der Waals surface area contributed by atoms with E-state index < -0.39 is 0 Å². The Hall–Kier alpha value is -1.40. The molecule has 106 valence electrons. The number of aromatic nitrogens is 2. The Morgan fingerprint density at radius 3 is 2.47 bits per heavy atom. The molecule has 6 nitrogen and oxygen atoms in total. The van der Waals surface area contributed by atoms with Crippen molar-refractivity contribution in [2.45, 2.75) is 13.8 Å². The minimum absolute atomic E-state index is 0.0351. The van der Waals surface area contributed by atoms with E-state index in [4.69, 9.17) is 0 Å². The van der Waals surface area contributed by atoms with Crippen LogP contribution in [0.5, 0.6) is 0 Å². The fourth-order valence-electron chi connectivity index (χ4n) is 2.38. The summed E-state index contributed by atoms with van der Waals surface area (Å²) in [5.41, 5.74) is 0.911. The SMILES string of the molecule is CCN1CCN(CC(=O)Nc2cc(C)nn2C)CC1. The van der Waals surface area contributed by atoms with E-state index in [1.54, 1.807) is 4.68 Å². The Morgan fingerprint density at radius 2 is 1.95 bits per heavy atom. The first-order valence-corrected chi connectivity index (χ1v) is 6.83. The molecule has 1 fully saturated rings. The maximum atomic E-state index is 12.0. The van der Waals surface area contributed by atoms with Gasteiger partial charge in [0.25, 0.3) is 0 Å². The quantitative estimate of drug-likeness (QED) is 0.851. The van der Waals surface area contributed by atoms with Crippen LogP contribution in [0, 0.1) is 6.92 Å². The fourth-order valence-corrected chi connectivity index (χ4v) is 2.38. The van der Waals surface area contributed by atoms with Gasteiger partial charge in [0.15, 0.2) is 0 Å². The van der Waals surface area contributed by atoms with Crippen molar-refractivity contribution in [1.29, 1.82) is 0 Å². The predicted octanol–water partition coefficient (Wildman–Crippen LogP) is 0.305. The van der Waals surface area contributed by atoms with Crippen molar-refractivity contribution in [3.63, 3.8) is 0 Å². The van der Waals surface area contributed by atoms with Gasteiger partial charge in [-0.15, -0.1) is 0 Å². The summed E-state index contributed by atoms with van der Waals surface area (Å²) in [6.45, 7) is 9.67. The highest BCUT2D eigenvalue weighted by atomic mass is 16.2. The van der Waals surface area contributed by atoms with Crippen LogP contribution in [-0.4, -0.2) is 64.8 Å². The average molecular weight is 265 g/mol. The van der Waals surface area contributed by atoms with Crippen LogP contribution in [0.3, 0.4) is 0 Å². The molecule has 2 heterocycles. The summed E-state index contributed by atoms with van der Waals surface area (Å²) in [5.74, 6) is 0.794. The van der Waals surface area contributed by atoms with Crippen molar-refractivity contribution >= 4 is 11.7 Å². The minimum Gasteiger partial charge on any atom is -0.310 e. The van der Waals surface area contributed by atoms with Crippen LogP contribution in [0.15, 0.2) is 6.07 Å². The first-order valence-electron chi connectivity index (χ1n) is 6.83. The second-order valence-electron chi connectivity index (χ2n) is 5.05. The number of nitrogens with one attached hydrogen (secondary N) is 1. The zero-order valence-corrected chi connectivity index (χ0v) is 12.0. The Kier molecular flexibility index (Phi) is 4.55. The average Bonchev–Trinajstić information content (AvgIpc) is 2.68. The highest BCUT2D eigenvalue weighted by molar-refractivity contribution is 5.91. The van der Waals surface area contributed by atoms with Crippen LogP contribution in [-0.2, 0) is 11.8 Å². The van der Waals surface area contributed by atoms with Crippen molar-refractivity contribution in [2.75, 3.05) is 44.6 Å². The Balaban J connectivity index is 1.80. The van der Waals surface area contributed by atoms with Crippen LogP contribution in [0.1, 0.15) is 12.6 Å². The first-order chi connectivity index (χ1) is 9.08. The molecule has 0 aliphatic carbocycles. The molecule has 1 aromatic rings. The molecule has 1 aliphatic rings. The second kappa shape index (κ2) is 6.16.